The van der Waals surface area contributed by atoms with E-state index in [1.165, 1.54) is 45.2 Å². The van der Waals surface area contributed by atoms with Crippen molar-refractivity contribution in [1.82, 2.24) is 5.32 Å². The van der Waals surface area contributed by atoms with Crippen LogP contribution < -0.4 is 5.32 Å². The highest BCUT2D eigenvalue weighted by Crippen LogP contribution is 2.27. The standard InChI is InChI=1S/C10H21NO/c12-8-4-2-1-3-7-11-9-10-5-6-10/h10-12H,1-9H2. The smallest absolute Gasteiger partial charge is 0.0431 e. The van der Waals surface area contributed by atoms with Gasteiger partial charge in [-0.3, -0.25) is 0 Å². The van der Waals surface area contributed by atoms with Crippen LogP contribution in [0.15, 0.2) is 0 Å². The lowest BCUT2D eigenvalue weighted by molar-refractivity contribution is 0.282. The molecule has 1 aliphatic carbocycles. The molecule has 0 unspecified atom stereocenters. The molecule has 0 aromatic carbocycles. The zero-order valence-electron chi connectivity index (χ0n) is 7.89. The summed E-state index contributed by atoms with van der Waals surface area (Å²) in [6.07, 6.45) is 7.57. The summed E-state index contributed by atoms with van der Waals surface area (Å²) in [5, 5.41) is 12.0. The van der Waals surface area contributed by atoms with Gasteiger partial charge in [-0.15, -0.1) is 0 Å². The van der Waals surface area contributed by atoms with Crippen molar-refractivity contribution in [3.63, 3.8) is 0 Å². The van der Waals surface area contributed by atoms with Crippen LogP contribution in [0, 0.1) is 5.92 Å². The number of aliphatic hydroxyl groups is 1. The zero-order valence-corrected chi connectivity index (χ0v) is 7.89. The third-order valence-electron chi connectivity index (χ3n) is 2.39. The Morgan fingerprint density at radius 1 is 1.08 bits per heavy atom. The molecule has 1 rings (SSSR count). The SMILES string of the molecule is OCCCCCCNCC1CC1. The van der Waals surface area contributed by atoms with Crippen molar-refractivity contribution in [3.8, 4) is 0 Å². The van der Waals surface area contributed by atoms with Crippen LogP contribution in [0.4, 0.5) is 0 Å². The van der Waals surface area contributed by atoms with Crippen molar-refractivity contribution >= 4 is 0 Å². The minimum atomic E-state index is 0.357. The highest BCUT2D eigenvalue weighted by atomic mass is 16.2. The van der Waals surface area contributed by atoms with Crippen molar-refractivity contribution in [3.05, 3.63) is 0 Å². The minimum absolute atomic E-state index is 0.357. The Bertz CT molecular complexity index is 102. The fourth-order valence-corrected chi connectivity index (χ4v) is 1.34. The molecule has 2 heteroatoms. The van der Waals surface area contributed by atoms with E-state index in [2.05, 4.69) is 5.32 Å². The fraction of sp³-hybridized carbons (Fsp3) is 1.00. The lowest BCUT2D eigenvalue weighted by Crippen LogP contribution is -2.17. The average molecular weight is 171 g/mol. The fourth-order valence-electron chi connectivity index (χ4n) is 1.34. The Morgan fingerprint density at radius 3 is 2.50 bits per heavy atom. The van der Waals surface area contributed by atoms with Crippen LogP contribution in [0.1, 0.15) is 38.5 Å². The molecule has 0 radical (unpaired) electrons. The first-order chi connectivity index (χ1) is 5.93. The van der Waals surface area contributed by atoms with Crippen LogP contribution in [0.2, 0.25) is 0 Å². The highest BCUT2D eigenvalue weighted by molar-refractivity contribution is 4.74. The number of unbranched alkanes of at least 4 members (excludes halogenated alkanes) is 3. The van der Waals surface area contributed by atoms with Crippen LogP contribution >= 0.6 is 0 Å². The van der Waals surface area contributed by atoms with E-state index in [1.54, 1.807) is 0 Å². The number of rotatable bonds is 8. The molecule has 0 amide bonds. The molecule has 72 valence electrons. The van der Waals surface area contributed by atoms with Crippen LogP contribution in [0.3, 0.4) is 0 Å². The van der Waals surface area contributed by atoms with Crippen LogP contribution in [-0.2, 0) is 0 Å². The molecule has 1 fully saturated rings. The molecular formula is C10H21NO. The second-order valence-electron chi connectivity index (χ2n) is 3.79. The first-order valence-electron chi connectivity index (χ1n) is 5.25. The number of hydrogen-bond donors (Lipinski definition) is 2. The molecule has 0 aliphatic heterocycles. The third-order valence-corrected chi connectivity index (χ3v) is 2.39. The van der Waals surface area contributed by atoms with Gasteiger partial charge in [0.25, 0.3) is 0 Å². The topological polar surface area (TPSA) is 32.3 Å². The molecule has 2 N–H and O–H groups in total. The molecule has 0 aromatic heterocycles. The van der Waals surface area contributed by atoms with Gasteiger partial charge >= 0.3 is 0 Å². The maximum atomic E-state index is 8.53. The monoisotopic (exact) mass is 171 g/mol. The molecule has 2 nitrogen and oxygen atoms in total. The molecule has 0 heterocycles. The Hall–Kier alpha value is -0.0800. The van der Waals surface area contributed by atoms with Gasteiger partial charge in [0.1, 0.15) is 0 Å². The van der Waals surface area contributed by atoms with Gasteiger partial charge in [-0.05, 0) is 44.7 Å². The summed E-state index contributed by atoms with van der Waals surface area (Å²) in [7, 11) is 0. The molecule has 1 aliphatic rings. The first kappa shape index (κ1) is 10.0. The van der Waals surface area contributed by atoms with E-state index in [4.69, 9.17) is 5.11 Å². The van der Waals surface area contributed by atoms with Crippen molar-refractivity contribution in [2.24, 2.45) is 5.92 Å². The van der Waals surface area contributed by atoms with Gasteiger partial charge in [-0.1, -0.05) is 12.8 Å². The lowest BCUT2D eigenvalue weighted by atomic mass is 10.2. The molecule has 12 heavy (non-hydrogen) atoms. The van der Waals surface area contributed by atoms with Crippen molar-refractivity contribution in [2.45, 2.75) is 38.5 Å². The van der Waals surface area contributed by atoms with E-state index in [9.17, 15) is 0 Å². The van der Waals surface area contributed by atoms with E-state index in [0.717, 1.165) is 12.3 Å². The highest BCUT2D eigenvalue weighted by Gasteiger charge is 2.19. The quantitative estimate of drug-likeness (QED) is 0.543. The first-order valence-corrected chi connectivity index (χ1v) is 5.25. The summed E-state index contributed by atoms with van der Waals surface area (Å²) >= 11 is 0. The maximum absolute atomic E-state index is 8.53. The molecule has 1 saturated carbocycles. The van der Waals surface area contributed by atoms with Gasteiger partial charge in [0.2, 0.25) is 0 Å². The van der Waals surface area contributed by atoms with E-state index in [1.807, 2.05) is 0 Å². The Balaban J connectivity index is 1.65. The molecule has 0 spiro atoms. The largest absolute Gasteiger partial charge is 0.396 e. The van der Waals surface area contributed by atoms with Crippen molar-refractivity contribution in [1.29, 1.82) is 0 Å². The second-order valence-corrected chi connectivity index (χ2v) is 3.79. The molecule has 0 atom stereocenters. The van der Waals surface area contributed by atoms with E-state index >= 15 is 0 Å². The van der Waals surface area contributed by atoms with E-state index < -0.39 is 0 Å². The molecule has 0 saturated heterocycles. The van der Waals surface area contributed by atoms with Gasteiger partial charge < -0.3 is 10.4 Å². The third kappa shape index (κ3) is 5.56. The Kier molecular flexibility index (Phi) is 5.37. The minimum Gasteiger partial charge on any atom is -0.396 e. The summed E-state index contributed by atoms with van der Waals surface area (Å²) in [4.78, 5) is 0. The van der Waals surface area contributed by atoms with Gasteiger partial charge in [-0.2, -0.15) is 0 Å². The summed E-state index contributed by atoms with van der Waals surface area (Å²) in [5.74, 6) is 1.00. The van der Waals surface area contributed by atoms with E-state index in [0.29, 0.717) is 6.61 Å². The van der Waals surface area contributed by atoms with E-state index in [-0.39, 0.29) is 0 Å². The lowest BCUT2D eigenvalue weighted by Gasteiger charge is -2.02. The molecule has 0 bridgehead atoms. The van der Waals surface area contributed by atoms with Crippen LogP contribution in [-0.4, -0.2) is 24.8 Å². The maximum Gasteiger partial charge on any atom is 0.0431 e. The summed E-state index contributed by atoms with van der Waals surface area (Å²) in [6.45, 7) is 2.76. The Morgan fingerprint density at radius 2 is 1.83 bits per heavy atom. The second kappa shape index (κ2) is 6.44. The number of aliphatic hydroxyl groups excluding tert-OH is 1. The van der Waals surface area contributed by atoms with Gasteiger partial charge in [0.15, 0.2) is 0 Å². The zero-order chi connectivity index (χ0) is 8.65. The molecule has 0 aromatic rings. The predicted octanol–water partition coefficient (Wildman–Crippen LogP) is 1.54. The Labute approximate surface area is 75.4 Å². The number of nitrogens with one attached hydrogen (secondary N) is 1. The van der Waals surface area contributed by atoms with Crippen LogP contribution in [0.25, 0.3) is 0 Å². The summed E-state index contributed by atoms with van der Waals surface area (Å²) in [6, 6.07) is 0. The normalized spacial score (nSPS) is 16.8. The van der Waals surface area contributed by atoms with Crippen molar-refractivity contribution in [2.75, 3.05) is 19.7 Å². The van der Waals surface area contributed by atoms with Gasteiger partial charge in [0.05, 0.1) is 0 Å². The number of hydrogen-bond acceptors (Lipinski definition) is 2. The van der Waals surface area contributed by atoms with Gasteiger partial charge in [0, 0.05) is 6.61 Å². The van der Waals surface area contributed by atoms with Gasteiger partial charge in [-0.25, -0.2) is 0 Å². The van der Waals surface area contributed by atoms with Crippen LogP contribution in [0.5, 0.6) is 0 Å². The molecular weight excluding hydrogens is 150 g/mol. The average Bonchev–Trinajstić information content (AvgIpc) is 2.87. The summed E-state index contributed by atoms with van der Waals surface area (Å²) in [5.41, 5.74) is 0. The van der Waals surface area contributed by atoms with Crippen molar-refractivity contribution < 1.29 is 5.11 Å². The summed E-state index contributed by atoms with van der Waals surface area (Å²) < 4.78 is 0. The predicted molar refractivity (Wildman–Crippen MR) is 51.1 cm³/mol.